The Hall–Kier alpha value is -0.600. The van der Waals surface area contributed by atoms with Gasteiger partial charge in [0, 0.05) is 13.2 Å². The van der Waals surface area contributed by atoms with Gasteiger partial charge in [-0.05, 0) is 71.6 Å². The summed E-state index contributed by atoms with van der Waals surface area (Å²) in [4.78, 5) is 0. The number of rotatable bonds is 8. The summed E-state index contributed by atoms with van der Waals surface area (Å²) >= 11 is 0. The maximum Gasteiger partial charge on any atom is 0.0503 e. The fourth-order valence-electron chi connectivity index (χ4n) is 3.54. The van der Waals surface area contributed by atoms with Crippen LogP contribution in [0.4, 0.5) is 0 Å². The molecule has 4 atom stereocenters. The Labute approximate surface area is 131 Å². The van der Waals surface area contributed by atoms with Crippen LogP contribution < -0.4 is 0 Å². The predicted octanol–water partition coefficient (Wildman–Crippen LogP) is 4.86. The van der Waals surface area contributed by atoms with E-state index in [2.05, 4.69) is 53.7 Å². The van der Waals surface area contributed by atoms with E-state index in [1.165, 1.54) is 17.6 Å². The summed E-state index contributed by atoms with van der Waals surface area (Å²) < 4.78 is 11.6. The average molecular weight is 294 g/mol. The Morgan fingerprint density at radius 3 is 1.48 bits per heavy atom. The predicted molar refractivity (Wildman–Crippen MR) is 90.4 cm³/mol. The molecule has 0 aromatic rings. The molecule has 1 fully saturated rings. The molecule has 21 heavy (non-hydrogen) atoms. The molecule has 2 heteroatoms. The average Bonchev–Trinajstić information content (AvgIpc) is 2.69. The zero-order valence-corrected chi connectivity index (χ0v) is 14.8. The second-order valence-corrected chi connectivity index (χ2v) is 6.70. The molecule has 0 saturated heterocycles. The lowest BCUT2D eigenvalue weighted by Gasteiger charge is -2.25. The highest BCUT2D eigenvalue weighted by Crippen LogP contribution is 2.44. The van der Waals surface area contributed by atoms with E-state index in [9.17, 15) is 0 Å². The van der Waals surface area contributed by atoms with Gasteiger partial charge in [-0.2, -0.15) is 0 Å². The van der Waals surface area contributed by atoms with Crippen LogP contribution in [-0.2, 0) is 9.47 Å². The van der Waals surface area contributed by atoms with Gasteiger partial charge in [0.15, 0.2) is 0 Å². The molecule has 0 aliphatic heterocycles. The Kier molecular flexibility index (Phi) is 8.28. The minimum absolute atomic E-state index is 0.576. The summed E-state index contributed by atoms with van der Waals surface area (Å²) in [5.74, 6) is 2.39. The summed E-state index contributed by atoms with van der Waals surface area (Å²) in [6, 6.07) is 0. The fourth-order valence-corrected chi connectivity index (χ4v) is 3.54. The van der Waals surface area contributed by atoms with E-state index in [1.54, 1.807) is 0 Å². The molecule has 4 unspecified atom stereocenters. The molecule has 0 aromatic heterocycles. The highest BCUT2D eigenvalue weighted by molar-refractivity contribution is 5.10. The van der Waals surface area contributed by atoms with Gasteiger partial charge in [0.1, 0.15) is 0 Å². The molecule has 1 saturated carbocycles. The molecule has 1 rings (SSSR count). The van der Waals surface area contributed by atoms with Crippen LogP contribution in [0.5, 0.6) is 0 Å². The second-order valence-electron chi connectivity index (χ2n) is 6.70. The molecule has 0 heterocycles. The van der Waals surface area contributed by atoms with E-state index in [4.69, 9.17) is 9.47 Å². The van der Waals surface area contributed by atoms with E-state index in [1.807, 2.05) is 0 Å². The van der Waals surface area contributed by atoms with Gasteiger partial charge in [0.2, 0.25) is 0 Å². The fraction of sp³-hybridized carbons (Fsp3) is 0.789. The van der Waals surface area contributed by atoms with Gasteiger partial charge in [0.25, 0.3) is 0 Å². The molecule has 0 N–H and O–H groups in total. The molecular weight excluding hydrogens is 260 g/mol. The number of hydrogen-bond acceptors (Lipinski definition) is 2. The first-order chi connectivity index (χ1) is 9.99. The maximum absolute atomic E-state index is 5.79. The number of hydrogen-bond donors (Lipinski definition) is 0. The maximum atomic E-state index is 5.79. The third kappa shape index (κ3) is 5.96. The van der Waals surface area contributed by atoms with Crippen molar-refractivity contribution < 1.29 is 9.47 Å². The normalized spacial score (nSPS) is 28.5. The SMILES string of the molecule is CCOCC1C(C=C(C)C)CC(C=C(C)C)C1COCC. The molecule has 0 amide bonds. The minimum Gasteiger partial charge on any atom is -0.381 e. The van der Waals surface area contributed by atoms with Gasteiger partial charge in [-0.3, -0.25) is 0 Å². The van der Waals surface area contributed by atoms with Gasteiger partial charge in [-0.15, -0.1) is 0 Å². The summed E-state index contributed by atoms with van der Waals surface area (Å²) in [6.07, 6.45) is 6.12. The summed E-state index contributed by atoms with van der Waals surface area (Å²) in [6.45, 7) is 16.3. The van der Waals surface area contributed by atoms with Crippen molar-refractivity contribution in [2.24, 2.45) is 23.7 Å². The summed E-state index contributed by atoms with van der Waals surface area (Å²) in [7, 11) is 0. The van der Waals surface area contributed by atoms with E-state index < -0.39 is 0 Å². The monoisotopic (exact) mass is 294 g/mol. The molecule has 1 aliphatic carbocycles. The van der Waals surface area contributed by atoms with Crippen molar-refractivity contribution in [1.82, 2.24) is 0 Å². The summed E-state index contributed by atoms with van der Waals surface area (Å²) in [5.41, 5.74) is 2.82. The second kappa shape index (κ2) is 9.42. The van der Waals surface area contributed by atoms with E-state index in [0.29, 0.717) is 23.7 Å². The first-order valence-electron chi connectivity index (χ1n) is 8.45. The van der Waals surface area contributed by atoms with Crippen molar-refractivity contribution >= 4 is 0 Å². The van der Waals surface area contributed by atoms with Gasteiger partial charge in [0.05, 0.1) is 13.2 Å². The largest absolute Gasteiger partial charge is 0.381 e. The Morgan fingerprint density at radius 1 is 0.810 bits per heavy atom. The van der Waals surface area contributed by atoms with Crippen molar-refractivity contribution in [3.63, 3.8) is 0 Å². The van der Waals surface area contributed by atoms with Crippen LogP contribution >= 0.6 is 0 Å². The lowest BCUT2D eigenvalue weighted by Crippen LogP contribution is -2.26. The van der Waals surface area contributed by atoms with Crippen LogP contribution in [-0.4, -0.2) is 26.4 Å². The van der Waals surface area contributed by atoms with Crippen molar-refractivity contribution in [2.45, 2.75) is 48.0 Å². The highest BCUT2D eigenvalue weighted by atomic mass is 16.5. The van der Waals surface area contributed by atoms with E-state index in [0.717, 1.165) is 26.4 Å². The van der Waals surface area contributed by atoms with Crippen molar-refractivity contribution in [1.29, 1.82) is 0 Å². The number of ether oxygens (including phenoxy) is 2. The van der Waals surface area contributed by atoms with Gasteiger partial charge < -0.3 is 9.47 Å². The Balaban J connectivity index is 2.94. The first-order valence-corrected chi connectivity index (χ1v) is 8.45. The van der Waals surface area contributed by atoms with Gasteiger partial charge in [-0.25, -0.2) is 0 Å². The molecular formula is C19H34O2. The lowest BCUT2D eigenvalue weighted by atomic mass is 9.87. The molecule has 122 valence electrons. The van der Waals surface area contributed by atoms with Crippen LogP contribution in [0.3, 0.4) is 0 Å². The van der Waals surface area contributed by atoms with Crippen LogP contribution in [0.15, 0.2) is 23.3 Å². The van der Waals surface area contributed by atoms with E-state index >= 15 is 0 Å². The molecule has 0 radical (unpaired) electrons. The third-order valence-corrected chi connectivity index (χ3v) is 4.32. The van der Waals surface area contributed by atoms with Gasteiger partial charge in [-0.1, -0.05) is 23.3 Å². The van der Waals surface area contributed by atoms with Crippen molar-refractivity contribution in [3.05, 3.63) is 23.3 Å². The zero-order chi connectivity index (χ0) is 15.8. The molecule has 0 bridgehead atoms. The minimum atomic E-state index is 0.576. The topological polar surface area (TPSA) is 18.5 Å². The Bertz CT molecular complexity index is 315. The smallest absolute Gasteiger partial charge is 0.0503 e. The molecule has 2 nitrogen and oxygen atoms in total. The molecule has 0 aromatic carbocycles. The van der Waals surface area contributed by atoms with Crippen molar-refractivity contribution in [2.75, 3.05) is 26.4 Å². The summed E-state index contributed by atoms with van der Waals surface area (Å²) in [5, 5.41) is 0. The quantitative estimate of drug-likeness (QED) is 0.595. The first kappa shape index (κ1) is 18.4. The molecule has 0 spiro atoms. The molecule has 1 aliphatic rings. The lowest BCUT2D eigenvalue weighted by molar-refractivity contribution is 0.0381. The third-order valence-electron chi connectivity index (χ3n) is 4.32. The highest BCUT2D eigenvalue weighted by Gasteiger charge is 2.41. The van der Waals surface area contributed by atoms with Crippen molar-refractivity contribution in [3.8, 4) is 0 Å². The van der Waals surface area contributed by atoms with Crippen LogP contribution in [0.1, 0.15) is 48.0 Å². The van der Waals surface area contributed by atoms with Crippen LogP contribution in [0.25, 0.3) is 0 Å². The van der Waals surface area contributed by atoms with E-state index in [-0.39, 0.29) is 0 Å². The van der Waals surface area contributed by atoms with Crippen LogP contribution in [0, 0.1) is 23.7 Å². The number of allylic oxidation sites excluding steroid dienone is 4. The van der Waals surface area contributed by atoms with Crippen LogP contribution in [0.2, 0.25) is 0 Å². The Morgan fingerprint density at radius 2 is 1.19 bits per heavy atom. The standard InChI is InChI=1S/C19H34O2/c1-7-20-12-18-16(9-14(3)4)11-17(10-15(5)6)19(18)13-21-8-2/h9-10,16-19H,7-8,11-13H2,1-6H3. The zero-order valence-electron chi connectivity index (χ0n) is 14.8. The van der Waals surface area contributed by atoms with Gasteiger partial charge >= 0.3 is 0 Å².